The second-order valence-corrected chi connectivity index (χ2v) is 4.96. The third kappa shape index (κ3) is 3.31. The van der Waals surface area contributed by atoms with Crippen LogP contribution < -0.4 is 20.1 Å². The molecule has 2 aromatic rings. The van der Waals surface area contributed by atoms with Gasteiger partial charge in [-0.25, -0.2) is 4.79 Å². The van der Waals surface area contributed by atoms with Gasteiger partial charge in [0, 0.05) is 18.5 Å². The standard InChI is InChI=1S/C15H19N3O4S/c1-5-22-14(19)13-12(18-15(23)16-2)8-6-10(20-3)11(21-4)7-9(8)17-13/h6-7,17H,5H2,1-4H3,(H2,16,18,23). The number of esters is 1. The molecular weight excluding hydrogens is 318 g/mol. The monoisotopic (exact) mass is 337 g/mol. The van der Waals surface area contributed by atoms with E-state index in [4.69, 9.17) is 26.4 Å². The molecule has 3 N–H and O–H groups in total. The quantitative estimate of drug-likeness (QED) is 0.570. The van der Waals surface area contributed by atoms with Crippen LogP contribution in [0.5, 0.6) is 11.5 Å². The lowest BCUT2D eigenvalue weighted by Crippen LogP contribution is -2.25. The molecular formula is C15H19N3O4S. The highest BCUT2D eigenvalue weighted by molar-refractivity contribution is 7.80. The van der Waals surface area contributed by atoms with Crippen LogP contribution >= 0.6 is 12.2 Å². The van der Waals surface area contributed by atoms with Gasteiger partial charge in [0.1, 0.15) is 5.69 Å². The average molecular weight is 337 g/mol. The Labute approximate surface area is 139 Å². The summed E-state index contributed by atoms with van der Waals surface area (Å²) in [6.45, 7) is 2.02. The first-order chi connectivity index (χ1) is 11.0. The number of hydrogen-bond acceptors (Lipinski definition) is 5. The smallest absolute Gasteiger partial charge is 0.356 e. The number of H-pyrrole nitrogens is 1. The maximum absolute atomic E-state index is 12.2. The molecule has 8 heteroatoms. The highest BCUT2D eigenvalue weighted by atomic mass is 32.1. The zero-order chi connectivity index (χ0) is 17.0. The number of nitrogens with one attached hydrogen (secondary N) is 3. The lowest BCUT2D eigenvalue weighted by molar-refractivity contribution is 0.0522. The van der Waals surface area contributed by atoms with Crippen LogP contribution in [0.3, 0.4) is 0 Å². The maximum Gasteiger partial charge on any atom is 0.356 e. The summed E-state index contributed by atoms with van der Waals surface area (Å²) in [6.07, 6.45) is 0. The van der Waals surface area contributed by atoms with Crippen molar-refractivity contribution in [2.45, 2.75) is 6.92 Å². The van der Waals surface area contributed by atoms with Gasteiger partial charge in [0.05, 0.1) is 32.0 Å². The fraction of sp³-hybridized carbons (Fsp3) is 0.333. The Hall–Kier alpha value is -2.48. The molecule has 1 heterocycles. The molecule has 0 amide bonds. The molecule has 0 fully saturated rings. The Balaban J connectivity index is 2.65. The van der Waals surface area contributed by atoms with Crippen molar-refractivity contribution in [2.24, 2.45) is 0 Å². The van der Waals surface area contributed by atoms with E-state index in [2.05, 4.69) is 15.6 Å². The van der Waals surface area contributed by atoms with Gasteiger partial charge in [-0.1, -0.05) is 0 Å². The van der Waals surface area contributed by atoms with Gasteiger partial charge in [-0.05, 0) is 25.2 Å². The normalized spacial score (nSPS) is 10.3. The molecule has 7 nitrogen and oxygen atoms in total. The van der Waals surface area contributed by atoms with Crippen LogP contribution in [0.1, 0.15) is 17.4 Å². The van der Waals surface area contributed by atoms with Crippen LogP contribution in [0.2, 0.25) is 0 Å². The van der Waals surface area contributed by atoms with Gasteiger partial charge in [-0.15, -0.1) is 0 Å². The van der Waals surface area contributed by atoms with Gasteiger partial charge in [0.2, 0.25) is 0 Å². The van der Waals surface area contributed by atoms with Gasteiger partial charge in [0.25, 0.3) is 0 Å². The van der Waals surface area contributed by atoms with Crippen LogP contribution in [0.4, 0.5) is 5.69 Å². The predicted molar refractivity (Wildman–Crippen MR) is 92.6 cm³/mol. The molecule has 0 atom stereocenters. The molecule has 23 heavy (non-hydrogen) atoms. The summed E-state index contributed by atoms with van der Waals surface area (Å²) in [5, 5.41) is 6.94. The van der Waals surface area contributed by atoms with E-state index in [1.165, 1.54) is 0 Å². The Bertz CT molecular complexity index is 742. The van der Waals surface area contributed by atoms with Crippen molar-refractivity contribution in [1.29, 1.82) is 0 Å². The Morgan fingerprint density at radius 3 is 2.48 bits per heavy atom. The fourth-order valence-electron chi connectivity index (χ4n) is 2.18. The number of hydrogen-bond donors (Lipinski definition) is 3. The third-order valence-corrected chi connectivity index (χ3v) is 3.55. The molecule has 124 valence electrons. The first-order valence-corrected chi connectivity index (χ1v) is 7.40. The van der Waals surface area contributed by atoms with Gasteiger partial charge >= 0.3 is 5.97 Å². The summed E-state index contributed by atoms with van der Waals surface area (Å²) in [5.74, 6) is 0.635. The zero-order valence-electron chi connectivity index (χ0n) is 13.4. The minimum absolute atomic E-state index is 0.275. The van der Waals surface area contributed by atoms with Gasteiger partial charge in [-0.3, -0.25) is 0 Å². The number of rotatable bonds is 5. The van der Waals surface area contributed by atoms with Crippen LogP contribution in [0.25, 0.3) is 10.9 Å². The van der Waals surface area contributed by atoms with E-state index < -0.39 is 5.97 Å². The van der Waals surface area contributed by atoms with Gasteiger partial charge < -0.3 is 29.8 Å². The number of carbonyl (C=O) groups excluding carboxylic acids is 1. The largest absolute Gasteiger partial charge is 0.493 e. The number of anilines is 1. The van der Waals surface area contributed by atoms with Crippen LogP contribution in [0, 0.1) is 0 Å². The molecule has 0 aliphatic carbocycles. The zero-order valence-corrected chi connectivity index (χ0v) is 14.2. The number of benzene rings is 1. The number of thiocarbonyl (C=S) groups is 1. The Morgan fingerprint density at radius 2 is 1.91 bits per heavy atom. The lowest BCUT2D eigenvalue weighted by Gasteiger charge is -2.10. The molecule has 0 bridgehead atoms. The van der Waals surface area contributed by atoms with E-state index >= 15 is 0 Å². The summed E-state index contributed by atoms with van der Waals surface area (Å²) in [5.41, 5.74) is 1.51. The SMILES string of the molecule is CCOC(=O)c1[nH]c2cc(OC)c(OC)cc2c1NC(=S)NC. The first kappa shape index (κ1) is 16.9. The van der Waals surface area contributed by atoms with E-state index in [0.717, 1.165) is 5.39 Å². The molecule has 0 unspecified atom stereocenters. The number of carbonyl (C=O) groups is 1. The van der Waals surface area contributed by atoms with Crippen molar-refractivity contribution >= 4 is 39.9 Å². The molecule has 0 aliphatic heterocycles. The lowest BCUT2D eigenvalue weighted by atomic mass is 10.2. The third-order valence-electron chi connectivity index (χ3n) is 3.25. The predicted octanol–water partition coefficient (Wildman–Crippen LogP) is 2.28. The highest BCUT2D eigenvalue weighted by Gasteiger charge is 2.21. The van der Waals surface area contributed by atoms with Crippen molar-refractivity contribution in [1.82, 2.24) is 10.3 Å². The molecule has 0 saturated heterocycles. The maximum atomic E-state index is 12.2. The second-order valence-electron chi connectivity index (χ2n) is 4.55. The minimum atomic E-state index is -0.469. The summed E-state index contributed by atoms with van der Waals surface area (Å²) >= 11 is 5.14. The first-order valence-electron chi connectivity index (χ1n) is 6.99. The highest BCUT2D eigenvalue weighted by Crippen LogP contribution is 2.37. The number of aromatic amines is 1. The molecule has 1 aromatic carbocycles. The molecule has 0 radical (unpaired) electrons. The Kier molecular flexibility index (Phi) is 5.28. The summed E-state index contributed by atoms with van der Waals surface area (Å²) in [6, 6.07) is 3.53. The van der Waals surface area contributed by atoms with E-state index in [1.807, 2.05) is 0 Å². The van der Waals surface area contributed by atoms with Crippen molar-refractivity contribution in [2.75, 3.05) is 33.2 Å². The number of methoxy groups -OCH3 is 2. The van der Waals surface area contributed by atoms with Crippen molar-refractivity contribution in [3.05, 3.63) is 17.8 Å². The second kappa shape index (κ2) is 7.19. The van der Waals surface area contributed by atoms with Crippen molar-refractivity contribution < 1.29 is 19.0 Å². The van der Waals surface area contributed by atoms with Crippen molar-refractivity contribution in [3.63, 3.8) is 0 Å². The summed E-state index contributed by atoms with van der Waals surface area (Å²) < 4.78 is 15.7. The molecule has 1 aromatic heterocycles. The number of aromatic nitrogens is 1. The van der Waals surface area contributed by atoms with Crippen LogP contribution in [-0.4, -0.2) is 43.9 Å². The van der Waals surface area contributed by atoms with E-state index in [0.29, 0.717) is 27.8 Å². The summed E-state index contributed by atoms with van der Waals surface area (Å²) in [7, 11) is 4.79. The van der Waals surface area contributed by atoms with Crippen molar-refractivity contribution in [3.8, 4) is 11.5 Å². The topological polar surface area (TPSA) is 84.6 Å². The van der Waals surface area contributed by atoms with Crippen LogP contribution in [-0.2, 0) is 4.74 Å². The van der Waals surface area contributed by atoms with E-state index in [-0.39, 0.29) is 12.3 Å². The minimum Gasteiger partial charge on any atom is -0.493 e. The van der Waals surface area contributed by atoms with Gasteiger partial charge in [-0.2, -0.15) is 0 Å². The summed E-state index contributed by atoms with van der Waals surface area (Å²) in [4.78, 5) is 15.2. The molecule has 0 aliphatic rings. The van der Waals surface area contributed by atoms with Crippen LogP contribution in [0.15, 0.2) is 12.1 Å². The van der Waals surface area contributed by atoms with E-state index in [9.17, 15) is 4.79 Å². The number of ether oxygens (including phenoxy) is 3. The molecule has 2 rings (SSSR count). The molecule has 0 saturated carbocycles. The average Bonchev–Trinajstić information content (AvgIpc) is 2.91. The molecule has 0 spiro atoms. The Morgan fingerprint density at radius 1 is 1.26 bits per heavy atom. The fourth-order valence-corrected chi connectivity index (χ4v) is 2.29. The number of fused-ring (bicyclic) bond motifs is 1. The van der Waals surface area contributed by atoms with Gasteiger partial charge in [0.15, 0.2) is 16.6 Å². The van der Waals surface area contributed by atoms with E-state index in [1.54, 1.807) is 40.3 Å².